The van der Waals surface area contributed by atoms with Gasteiger partial charge in [-0.15, -0.1) is 11.3 Å². The summed E-state index contributed by atoms with van der Waals surface area (Å²) in [6, 6.07) is 16.7. The highest BCUT2D eigenvalue weighted by Crippen LogP contribution is 2.29. The third-order valence-corrected chi connectivity index (χ3v) is 5.47. The van der Waals surface area contributed by atoms with Crippen LogP contribution >= 0.6 is 11.3 Å². The standard InChI is InChI=1S/C25H25NO4S/c1-4-29-23-15-19(10-12-21(27)24-14-9-18(3)31-24)11-13-22(23)30-16-25(28)26-20-8-6-5-7-17(20)2/h5-15H,4,16H2,1-3H3,(H,26,28)/b12-10+. The van der Waals surface area contributed by atoms with Gasteiger partial charge in [0.15, 0.2) is 23.9 Å². The molecule has 3 aromatic rings. The first-order valence-corrected chi connectivity index (χ1v) is 10.8. The Morgan fingerprint density at radius 1 is 1.00 bits per heavy atom. The summed E-state index contributed by atoms with van der Waals surface area (Å²) >= 11 is 1.47. The zero-order chi connectivity index (χ0) is 22.2. The second kappa shape index (κ2) is 10.6. The predicted octanol–water partition coefficient (Wildman–Crippen LogP) is 5.68. The molecule has 2 aromatic carbocycles. The lowest BCUT2D eigenvalue weighted by Crippen LogP contribution is -2.20. The monoisotopic (exact) mass is 435 g/mol. The van der Waals surface area contributed by atoms with Gasteiger partial charge in [-0.3, -0.25) is 9.59 Å². The summed E-state index contributed by atoms with van der Waals surface area (Å²) in [5.41, 5.74) is 2.54. The number of carbonyl (C=O) groups excluding carboxylic acids is 2. The smallest absolute Gasteiger partial charge is 0.262 e. The van der Waals surface area contributed by atoms with Gasteiger partial charge in [0.25, 0.3) is 5.91 Å². The number of benzene rings is 2. The molecule has 0 radical (unpaired) electrons. The lowest BCUT2D eigenvalue weighted by atomic mass is 10.1. The van der Waals surface area contributed by atoms with Crippen molar-refractivity contribution in [2.24, 2.45) is 0 Å². The number of allylic oxidation sites excluding steroid dienone is 1. The lowest BCUT2D eigenvalue weighted by Gasteiger charge is -2.13. The van der Waals surface area contributed by atoms with E-state index in [4.69, 9.17) is 9.47 Å². The topological polar surface area (TPSA) is 64.6 Å². The minimum absolute atomic E-state index is 0.0377. The molecule has 1 aromatic heterocycles. The van der Waals surface area contributed by atoms with Gasteiger partial charge >= 0.3 is 0 Å². The summed E-state index contributed by atoms with van der Waals surface area (Å²) < 4.78 is 11.4. The average Bonchev–Trinajstić information content (AvgIpc) is 3.19. The number of anilines is 1. The first-order chi connectivity index (χ1) is 15.0. The van der Waals surface area contributed by atoms with Crippen molar-refractivity contribution >= 4 is 34.8 Å². The number of thiophene rings is 1. The minimum Gasteiger partial charge on any atom is -0.490 e. The zero-order valence-electron chi connectivity index (χ0n) is 17.8. The number of carbonyl (C=O) groups is 2. The maximum atomic E-state index is 12.3. The molecule has 0 aliphatic heterocycles. The zero-order valence-corrected chi connectivity index (χ0v) is 18.6. The Hall–Kier alpha value is -3.38. The van der Waals surface area contributed by atoms with E-state index in [1.807, 2.05) is 63.2 Å². The third-order valence-electron chi connectivity index (χ3n) is 4.46. The highest BCUT2D eigenvalue weighted by molar-refractivity contribution is 7.14. The highest BCUT2D eigenvalue weighted by atomic mass is 32.1. The van der Waals surface area contributed by atoms with Gasteiger partial charge < -0.3 is 14.8 Å². The summed E-state index contributed by atoms with van der Waals surface area (Å²) in [5, 5.41) is 2.84. The van der Waals surface area contributed by atoms with E-state index in [0.717, 1.165) is 21.7 Å². The molecule has 0 unspecified atom stereocenters. The summed E-state index contributed by atoms with van der Waals surface area (Å²) in [4.78, 5) is 26.4. The average molecular weight is 436 g/mol. The number of hydrogen-bond donors (Lipinski definition) is 1. The SMILES string of the molecule is CCOc1cc(/C=C/C(=O)c2ccc(C)s2)ccc1OCC(=O)Nc1ccccc1C. The normalized spacial score (nSPS) is 10.8. The van der Waals surface area contributed by atoms with Gasteiger partial charge in [-0.25, -0.2) is 0 Å². The van der Waals surface area contributed by atoms with Crippen molar-refractivity contribution in [2.75, 3.05) is 18.5 Å². The van der Waals surface area contributed by atoms with Crippen LogP contribution in [0.15, 0.2) is 60.7 Å². The fourth-order valence-corrected chi connectivity index (χ4v) is 3.67. The number of rotatable bonds is 9. The Kier molecular flexibility index (Phi) is 7.62. The second-order valence-electron chi connectivity index (χ2n) is 6.90. The molecule has 1 heterocycles. The number of para-hydroxylation sites is 1. The molecular weight excluding hydrogens is 410 g/mol. The van der Waals surface area contributed by atoms with Gasteiger partial charge in [-0.05, 0) is 68.3 Å². The van der Waals surface area contributed by atoms with Gasteiger partial charge in [0.05, 0.1) is 11.5 Å². The number of hydrogen-bond acceptors (Lipinski definition) is 5. The van der Waals surface area contributed by atoms with Crippen LogP contribution in [0.4, 0.5) is 5.69 Å². The van der Waals surface area contributed by atoms with E-state index in [0.29, 0.717) is 23.0 Å². The van der Waals surface area contributed by atoms with Crippen LogP contribution in [0.1, 0.15) is 32.6 Å². The number of ketones is 1. The molecule has 0 spiro atoms. The number of nitrogens with one attached hydrogen (secondary N) is 1. The molecule has 0 saturated heterocycles. The molecule has 0 atom stereocenters. The largest absolute Gasteiger partial charge is 0.490 e. The molecule has 1 N–H and O–H groups in total. The Labute approximate surface area is 186 Å². The predicted molar refractivity (Wildman–Crippen MR) is 125 cm³/mol. The molecule has 1 amide bonds. The Morgan fingerprint density at radius 3 is 2.52 bits per heavy atom. The first-order valence-electron chi connectivity index (χ1n) is 10.00. The molecule has 31 heavy (non-hydrogen) atoms. The number of aryl methyl sites for hydroxylation is 2. The van der Waals surface area contributed by atoms with Crippen LogP contribution in [0.5, 0.6) is 11.5 Å². The molecular formula is C25H25NO4S. The number of amides is 1. The summed E-state index contributed by atoms with van der Waals surface area (Å²) in [6.07, 6.45) is 3.29. The molecule has 0 aliphatic rings. The molecule has 0 bridgehead atoms. The second-order valence-corrected chi connectivity index (χ2v) is 8.19. The lowest BCUT2D eigenvalue weighted by molar-refractivity contribution is -0.118. The van der Waals surface area contributed by atoms with E-state index in [1.165, 1.54) is 11.3 Å². The fraction of sp³-hybridized carbons (Fsp3) is 0.200. The van der Waals surface area contributed by atoms with E-state index >= 15 is 0 Å². The van der Waals surface area contributed by atoms with E-state index in [-0.39, 0.29) is 18.3 Å². The first kappa shape index (κ1) is 22.3. The van der Waals surface area contributed by atoms with Crippen molar-refractivity contribution in [1.82, 2.24) is 0 Å². The Balaban J connectivity index is 1.65. The van der Waals surface area contributed by atoms with E-state index in [1.54, 1.807) is 24.3 Å². The Morgan fingerprint density at radius 2 is 1.81 bits per heavy atom. The van der Waals surface area contributed by atoms with Crippen LogP contribution in [-0.2, 0) is 4.79 Å². The summed E-state index contributed by atoms with van der Waals surface area (Å²) in [6.45, 7) is 6.09. The minimum atomic E-state index is -0.252. The molecule has 3 rings (SSSR count). The van der Waals surface area contributed by atoms with Gasteiger partial charge in [0, 0.05) is 10.6 Å². The van der Waals surface area contributed by atoms with Gasteiger partial charge in [0.2, 0.25) is 0 Å². The molecule has 0 saturated carbocycles. The van der Waals surface area contributed by atoms with Crippen LogP contribution in [0, 0.1) is 13.8 Å². The van der Waals surface area contributed by atoms with Crippen LogP contribution in [0.3, 0.4) is 0 Å². The van der Waals surface area contributed by atoms with Crippen LogP contribution in [0.25, 0.3) is 6.08 Å². The fourth-order valence-electron chi connectivity index (χ4n) is 2.88. The maximum Gasteiger partial charge on any atom is 0.262 e. The van der Waals surface area contributed by atoms with Crippen molar-refractivity contribution in [3.8, 4) is 11.5 Å². The Bertz CT molecular complexity index is 1100. The van der Waals surface area contributed by atoms with E-state index in [2.05, 4.69) is 5.32 Å². The molecule has 6 heteroatoms. The van der Waals surface area contributed by atoms with Gasteiger partial charge in [0.1, 0.15) is 0 Å². The molecule has 0 fully saturated rings. The molecule has 5 nitrogen and oxygen atoms in total. The maximum absolute atomic E-state index is 12.3. The van der Waals surface area contributed by atoms with Crippen molar-refractivity contribution in [2.45, 2.75) is 20.8 Å². The van der Waals surface area contributed by atoms with Crippen molar-refractivity contribution in [1.29, 1.82) is 0 Å². The van der Waals surface area contributed by atoms with Crippen LogP contribution < -0.4 is 14.8 Å². The van der Waals surface area contributed by atoms with Crippen LogP contribution in [0.2, 0.25) is 0 Å². The van der Waals surface area contributed by atoms with Gasteiger partial charge in [-0.1, -0.05) is 30.3 Å². The van der Waals surface area contributed by atoms with E-state index in [9.17, 15) is 9.59 Å². The summed E-state index contributed by atoms with van der Waals surface area (Å²) in [7, 11) is 0. The molecule has 0 aliphatic carbocycles. The van der Waals surface area contributed by atoms with Crippen molar-refractivity contribution in [3.05, 3.63) is 81.6 Å². The van der Waals surface area contributed by atoms with Crippen molar-refractivity contribution in [3.63, 3.8) is 0 Å². The van der Waals surface area contributed by atoms with Crippen LogP contribution in [-0.4, -0.2) is 24.9 Å². The molecule has 160 valence electrons. The van der Waals surface area contributed by atoms with E-state index < -0.39 is 0 Å². The third kappa shape index (κ3) is 6.30. The van der Waals surface area contributed by atoms with Gasteiger partial charge in [-0.2, -0.15) is 0 Å². The summed E-state index contributed by atoms with van der Waals surface area (Å²) in [5.74, 6) is 0.703. The quantitative estimate of drug-likeness (QED) is 0.347. The number of ether oxygens (including phenoxy) is 2. The van der Waals surface area contributed by atoms with Crippen molar-refractivity contribution < 1.29 is 19.1 Å². The highest BCUT2D eigenvalue weighted by Gasteiger charge is 2.10.